The Balaban J connectivity index is 1.91. The van der Waals surface area contributed by atoms with Crippen molar-refractivity contribution in [2.75, 3.05) is 11.9 Å². The molecule has 0 radical (unpaired) electrons. The van der Waals surface area contributed by atoms with Crippen molar-refractivity contribution in [1.29, 1.82) is 0 Å². The van der Waals surface area contributed by atoms with Crippen LogP contribution in [0.1, 0.15) is 28.4 Å². The van der Waals surface area contributed by atoms with Gasteiger partial charge in [0.2, 0.25) is 5.91 Å². The van der Waals surface area contributed by atoms with Crippen molar-refractivity contribution < 1.29 is 24.2 Å². The van der Waals surface area contributed by atoms with Crippen molar-refractivity contribution in [1.82, 2.24) is 0 Å². The minimum atomic E-state index is -1.02. The van der Waals surface area contributed by atoms with Gasteiger partial charge in [0.15, 0.2) is 0 Å². The molecule has 0 spiro atoms. The van der Waals surface area contributed by atoms with Gasteiger partial charge in [0, 0.05) is 17.8 Å². The van der Waals surface area contributed by atoms with E-state index in [-0.39, 0.29) is 11.5 Å². The Morgan fingerprint density at radius 2 is 1.48 bits per heavy atom. The third-order valence-corrected chi connectivity index (χ3v) is 3.46. The fourth-order valence-electron chi connectivity index (χ4n) is 2.12. The lowest BCUT2D eigenvalue weighted by Gasteiger charge is -2.02. The fraction of sp³-hybridized carbons (Fsp3) is 0.0952. The standard InChI is InChI=1S/C21H19NO5/c1-2-27-20(24)14-8-16-5-3-15(4-6-16)7-13-19(23)22-18-11-9-17(10-12-18)21(25)26/h3-14H,2H2,1H3,(H,22,23)(H,25,26)/b13-7+,14-8+. The van der Waals surface area contributed by atoms with Crippen LogP contribution in [0.15, 0.2) is 60.7 Å². The van der Waals surface area contributed by atoms with Gasteiger partial charge in [0.05, 0.1) is 12.2 Å². The lowest BCUT2D eigenvalue weighted by Crippen LogP contribution is -2.08. The van der Waals surface area contributed by atoms with Crippen LogP contribution in [-0.4, -0.2) is 29.6 Å². The highest BCUT2D eigenvalue weighted by atomic mass is 16.5. The molecule has 2 rings (SSSR count). The zero-order valence-electron chi connectivity index (χ0n) is 14.7. The lowest BCUT2D eigenvalue weighted by atomic mass is 10.1. The van der Waals surface area contributed by atoms with E-state index in [2.05, 4.69) is 5.32 Å². The molecular formula is C21H19NO5. The van der Waals surface area contributed by atoms with E-state index >= 15 is 0 Å². The summed E-state index contributed by atoms with van der Waals surface area (Å²) in [6.45, 7) is 2.08. The predicted molar refractivity (Wildman–Crippen MR) is 103 cm³/mol. The summed E-state index contributed by atoms with van der Waals surface area (Å²) in [5, 5.41) is 11.5. The number of ether oxygens (including phenoxy) is 1. The molecule has 2 aromatic rings. The van der Waals surface area contributed by atoms with Gasteiger partial charge in [0.1, 0.15) is 0 Å². The molecule has 0 bridgehead atoms. The molecule has 0 heterocycles. The third-order valence-electron chi connectivity index (χ3n) is 3.46. The van der Waals surface area contributed by atoms with E-state index < -0.39 is 11.9 Å². The summed E-state index contributed by atoms with van der Waals surface area (Å²) < 4.78 is 4.81. The maximum absolute atomic E-state index is 11.9. The van der Waals surface area contributed by atoms with Gasteiger partial charge in [-0.2, -0.15) is 0 Å². The Morgan fingerprint density at radius 3 is 2.00 bits per heavy atom. The highest BCUT2D eigenvalue weighted by molar-refractivity contribution is 6.02. The highest BCUT2D eigenvalue weighted by Gasteiger charge is 2.03. The Bertz CT molecular complexity index is 864. The Hall–Kier alpha value is -3.67. The van der Waals surface area contributed by atoms with Crippen LogP contribution < -0.4 is 5.32 Å². The number of carboxylic acids is 1. The molecule has 0 saturated carbocycles. The molecule has 2 N–H and O–H groups in total. The minimum absolute atomic E-state index is 0.153. The highest BCUT2D eigenvalue weighted by Crippen LogP contribution is 2.11. The molecule has 0 aliphatic carbocycles. The van der Waals surface area contributed by atoms with E-state index in [1.807, 2.05) is 24.3 Å². The van der Waals surface area contributed by atoms with Gasteiger partial charge in [-0.15, -0.1) is 0 Å². The summed E-state index contributed by atoms with van der Waals surface area (Å²) in [7, 11) is 0. The van der Waals surface area contributed by atoms with Gasteiger partial charge in [-0.3, -0.25) is 4.79 Å². The predicted octanol–water partition coefficient (Wildman–Crippen LogP) is 3.61. The second-order valence-corrected chi connectivity index (χ2v) is 5.46. The van der Waals surface area contributed by atoms with Crippen LogP contribution in [0.2, 0.25) is 0 Å². The van der Waals surface area contributed by atoms with Crippen LogP contribution in [0.4, 0.5) is 5.69 Å². The number of esters is 1. The summed E-state index contributed by atoms with van der Waals surface area (Å²) in [6.07, 6.45) is 6.05. The van der Waals surface area contributed by atoms with Crippen LogP contribution in [0.25, 0.3) is 12.2 Å². The van der Waals surface area contributed by atoms with E-state index in [0.717, 1.165) is 11.1 Å². The topological polar surface area (TPSA) is 92.7 Å². The largest absolute Gasteiger partial charge is 0.478 e. The summed E-state index contributed by atoms with van der Waals surface area (Å²) >= 11 is 0. The summed E-state index contributed by atoms with van der Waals surface area (Å²) in [4.78, 5) is 34.0. The molecule has 2 aromatic carbocycles. The molecule has 0 fully saturated rings. The van der Waals surface area contributed by atoms with Gasteiger partial charge >= 0.3 is 11.9 Å². The van der Waals surface area contributed by atoms with E-state index in [4.69, 9.17) is 9.84 Å². The number of rotatable bonds is 7. The number of aromatic carboxylic acids is 1. The van der Waals surface area contributed by atoms with Crippen molar-refractivity contribution in [3.05, 3.63) is 77.4 Å². The molecule has 0 unspecified atom stereocenters. The molecule has 0 atom stereocenters. The number of hydrogen-bond acceptors (Lipinski definition) is 4. The number of carbonyl (C=O) groups excluding carboxylic acids is 2. The third kappa shape index (κ3) is 6.62. The van der Waals surface area contributed by atoms with E-state index in [9.17, 15) is 14.4 Å². The molecule has 1 amide bonds. The molecule has 138 valence electrons. The Morgan fingerprint density at radius 1 is 0.926 bits per heavy atom. The van der Waals surface area contributed by atoms with Gasteiger partial charge in [-0.25, -0.2) is 9.59 Å². The average Bonchev–Trinajstić information content (AvgIpc) is 2.66. The SMILES string of the molecule is CCOC(=O)/C=C/c1ccc(/C=C/C(=O)Nc2ccc(C(=O)O)cc2)cc1. The van der Waals surface area contributed by atoms with Crippen molar-refractivity contribution >= 4 is 35.7 Å². The molecule has 0 aliphatic rings. The minimum Gasteiger partial charge on any atom is -0.478 e. The zero-order chi connectivity index (χ0) is 19.6. The van der Waals surface area contributed by atoms with Gasteiger partial charge in [-0.1, -0.05) is 24.3 Å². The second kappa shape index (κ2) is 9.72. The van der Waals surface area contributed by atoms with E-state index in [1.54, 1.807) is 19.1 Å². The van der Waals surface area contributed by atoms with Gasteiger partial charge in [0.25, 0.3) is 0 Å². The molecule has 0 aliphatic heterocycles. The van der Waals surface area contributed by atoms with Crippen LogP contribution in [0, 0.1) is 0 Å². The number of carbonyl (C=O) groups is 3. The van der Waals surface area contributed by atoms with Crippen LogP contribution >= 0.6 is 0 Å². The maximum atomic E-state index is 11.9. The first kappa shape index (κ1) is 19.7. The quantitative estimate of drug-likeness (QED) is 0.577. The molecule has 6 nitrogen and oxygen atoms in total. The smallest absolute Gasteiger partial charge is 0.335 e. The maximum Gasteiger partial charge on any atom is 0.335 e. The molecule has 0 aromatic heterocycles. The number of anilines is 1. The normalized spacial score (nSPS) is 10.9. The number of benzene rings is 2. The first-order valence-electron chi connectivity index (χ1n) is 8.25. The van der Waals surface area contributed by atoms with E-state index in [0.29, 0.717) is 12.3 Å². The Kier molecular flexibility index (Phi) is 7.07. The number of nitrogens with one attached hydrogen (secondary N) is 1. The van der Waals surface area contributed by atoms with Crippen molar-refractivity contribution in [3.63, 3.8) is 0 Å². The number of amides is 1. The Labute approximate surface area is 156 Å². The molecular weight excluding hydrogens is 346 g/mol. The number of hydrogen-bond donors (Lipinski definition) is 2. The summed E-state index contributed by atoms with van der Waals surface area (Å²) in [6, 6.07) is 13.2. The van der Waals surface area contributed by atoms with Crippen LogP contribution in [-0.2, 0) is 14.3 Å². The van der Waals surface area contributed by atoms with Crippen molar-refractivity contribution in [2.24, 2.45) is 0 Å². The van der Waals surface area contributed by atoms with E-state index in [1.165, 1.54) is 36.4 Å². The van der Waals surface area contributed by atoms with Crippen molar-refractivity contribution in [3.8, 4) is 0 Å². The second-order valence-electron chi connectivity index (χ2n) is 5.46. The first-order valence-corrected chi connectivity index (χ1v) is 8.25. The molecule has 0 saturated heterocycles. The van der Waals surface area contributed by atoms with Crippen LogP contribution in [0.5, 0.6) is 0 Å². The van der Waals surface area contributed by atoms with Crippen LogP contribution in [0.3, 0.4) is 0 Å². The zero-order valence-corrected chi connectivity index (χ0v) is 14.7. The average molecular weight is 365 g/mol. The van der Waals surface area contributed by atoms with Crippen molar-refractivity contribution in [2.45, 2.75) is 6.92 Å². The monoisotopic (exact) mass is 365 g/mol. The van der Waals surface area contributed by atoms with Gasteiger partial charge < -0.3 is 15.2 Å². The first-order chi connectivity index (χ1) is 13.0. The molecule has 6 heteroatoms. The summed E-state index contributed by atoms with van der Waals surface area (Å²) in [5.74, 6) is -1.74. The lowest BCUT2D eigenvalue weighted by molar-refractivity contribution is -0.137. The number of carboxylic acid groups (broad SMARTS) is 1. The fourth-order valence-corrected chi connectivity index (χ4v) is 2.12. The summed E-state index contributed by atoms with van der Waals surface area (Å²) in [5.41, 5.74) is 2.32. The molecule has 27 heavy (non-hydrogen) atoms. The van der Waals surface area contributed by atoms with Gasteiger partial charge in [-0.05, 0) is 54.5 Å².